The van der Waals surface area contributed by atoms with Gasteiger partial charge < -0.3 is 10.4 Å². The third-order valence-corrected chi connectivity index (χ3v) is 2.89. The largest absolute Gasteiger partial charge is 0.480 e. The lowest BCUT2D eigenvalue weighted by Crippen LogP contribution is -2.45. The van der Waals surface area contributed by atoms with Gasteiger partial charge in [0.2, 0.25) is 0 Å². The molecular weight excluding hydrogens is 256 g/mol. The van der Waals surface area contributed by atoms with E-state index in [4.69, 9.17) is 5.11 Å². The molecule has 0 saturated carbocycles. The number of amides is 1. The fourth-order valence-corrected chi connectivity index (χ4v) is 1.59. The second-order valence-electron chi connectivity index (χ2n) is 4.33. The molecular formula is C13H15F2NO3. The molecule has 1 aromatic carbocycles. The zero-order valence-corrected chi connectivity index (χ0v) is 10.6. The van der Waals surface area contributed by atoms with Gasteiger partial charge in [-0.05, 0) is 18.1 Å². The van der Waals surface area contributed by atoms with E-state index in [9.17, 15) is 18.4 Å². The van der Waals surface area contributed by atoms with Crippen LogP contribution < -0.4 is 5.32 Å². The predicted octanol–water partition coefficient (Wildman–Crippen LogP) is 2.19. The average molecular weight is 271 g/mol. The fourth-order valence-electron chi connectivity index (χ4n) is 1.59. The normalized spacial score (nSPS) is 13.7. The molecule has 1 aromatic rings. The van der Waals surface area contributed by atoms with Crippen LogP contribution in [0.2, 0.25) is 0 Å². The molecule has 0 saturated heterocycles. The summed E-state index contributed by atoms with van der Waals surface area (Å²) in [5.41, 5.74) is -0.243. The van der Waals surface area contributed by atoms with E-state index in [0.29, 0.717) is 12.5 Å². The van der Waals surface area contributed by atoms with E-state index < -0.39 is 29.6 Å². The zero-order chi connectivity index (χ0) is 14.6. The Hall–Kier alpha value is -1.98. The number of hydrogen-bond donors (Lipinski definition) is 2. The lowest BCUT2D eigenvalue weighted by Gasteiger charge is -2.20. The van der Waals surface area contributed by atoms with Gasteiger partial charge >= 0.3 is 5.97 Å². The molecule has 0 radical (unpaired) electrons. The molecule has 0 fully saturated rings. The van der Waals surface area contributed by atoms with E-state index in [1.165, 1.54) is 0 Å². The summed E-state index contributed by atoms with van der Waals surface area (Å²) in [6.07, 6.45) is 0.550. The van der Waals surface area contributed by atoms with E-state index in [2.05, 4.69) is 5.32 Å². The summed E-state index contributed by atoms with van der Waals surface area (Å²) >= 11 is 0. The standard InChI is InChI=1S/C13H15F2NO3/c1-3-7(2)11(13(18)19)16-12(17)8-4-9(14)6-10(15)5-8/h4-7,11H,3H2,1-2H3,(H,16,17)(H,18,19). The van der Waals surface area contributed by atoms with Gasteiger partial charge in [0, 0.05) is 11.6 Å². The molecule has 0 aliphatic heterocycles. The first-order valence-corrected chi connectivity index (χ1v) is 5.85. The average Bonchev–Trinajstić information content (AvgIpc) is 2.33. The van der Waals surface area contributed by atoms with Crippen LogP contribution in [0, 0.1) is 17.6 Å². The molecule has 104 valence electrons. The highest BCUT2D eigenvalue weighted by Crippen LogP contribution is 2.11. The Morgan fingerprint density at radius 3 is 2.21 bits per heavy atom. The minimum Gasteiger partial charge on any atom is -0.480 e. The summed E-state index contributed by atoms with van der Waals surface area (Å²) in [5, 5.41) is 11.3. The topological polar surface area (TPSA) is 66.4 Å². The van der Waals surface area contributed by atoms with Crippen LogP contribution in [0.1, 0.15) is 30.6 Å². The molecule has 0 aromatic heterocycles. The van der Waals surface area contributed by atoms with Crippen LogP contribution in [0.25, 0.3) is 0 Å². The highest BCUT2D eigenvalue weighted by molar-refractivity contribution is 5.96. The van der Waals surface area contributed by atoms with Gasteiger partial charge in [0.05, 0.1) is 0 Å². The van der Waals surface area contributed by atoms with Gasteiger partial charge in [-0.25, -0.2) is 13.6 Å². The Balaban J connectivity index is 2.90. The summed E-state index contributed by atoms with van der Waals surface area (Å²) in [5.74, 6) is -4.06. The first kappa shape index (κ1) is 15.1. The maximum atomic E-state index is 13.0. The van der Waals surface area contributed by atoms with Crippen LogP contribution >= 0.6 is 0 Å². The van der Waals surface area contributed by atoms with Crippen molar-refractivity contribution < 1.29 is 23.5 Å². The third kappa shape index (κ3) is 4.01. The molecule has 2 unspecified atom stereocenters. The van der Waals surface area contributed by atoms with E-state index in [0.717, 1.165) is 12.1 Å². The maximum absolute atomic E-state index is 13.0. The summed E-state index contributed by atoms with van der Waals surface area (Å²) in [4.78, 5) is 22.8. The number of aliphatic carboxylic acids is 1. The number of carboxylic acids is 1. The van der Waals surface area contributed by atoms with Crippen molar-refractivity contribution in [2.24, 2.45) is 5.92 Å². The molecule has 1 rings (SSSR count). The van der Waals surface area contributed by atoms with Crippen LogP contribution in [0.15, 0.2) is 18.2 Å². The number of rotatable bonds is 5. The second-order valence-corrected chi connectivity index (χ2v) is 4.33. The Morgan fingerprint density at radius 2 is 1.79 bits per heavy atom. The minimum atomic E-state index is -1.18. The number of carboxylic acid groups (broad SMARTS) is 1. The van der Waals surface area contributed by atoms with Crippen molar-refractivity contribution in [3.63, 3.8) is 0 Å². The fraction of sp³-hybridized carbons (Fsp3) is 0.385. The van der Waals surface area contributed by atoms with Crippen LogP contribution in [-0.4, -0.2) is 23.0 Å². The smallest absolute Gasteiger partial charge is 0.326 e. The van der Waals surface area contributed by atoms with Crippen molar-refractivity contribution >= 4 is 11.9 Å². The zero-order valence-electron chi connectivity index (χ0n) is 10.6. The maximum Gasteiger partial charge on any atom is 0.326 e. The van der Waals surface area contributed by atoms with Gasteiger partial charge in [-0.15, -0.1) is 0 Å². The highest BCUT2D eigenvalue weighted by atomic mass is 19.1. The number of hydrogen-bond acceptors (Lipinski definition) is 2. The quantitative estimate of drug-likeness (QED) is 0.862. The summed E-state index contributed by atoms with van der Waals surface area (Å²) < 4.78 is 25.9. The van der Waals surface area contributed by atoms with Crippen molar-refractivity contribution in [1.29, 1.82) is 0 Å². The number of nitrogens with one attached hydrogen (secondary N) is 1. The van der Waals surface area contributed by atoms with E-state index >= 15 is 0 Å². The van der Waals surface area contributed by atoms with E-state index in [-0.39, 0.29) is 11.5 Å². The Labute approximate surface area is 109 Å². The monoisotopic (exact) mass is 271 g/mol. The summed E-state index contributed by atoms with van der Waals surface area (Å²) in [6, 6.07) is 1.26. The first-order valence-electron chi connectivity index (χ1n) is 5.85. The van der Waals surface area contributed by atoms with Crippen molar-refractivity contribution in [3.8, 4) is 0 Å². The molecule has 1 amide bonds. The molecule has 2 atom stereocenters. The molecule has 0 heterocycles. The Kier molecular flexibility index (Phi) is 4.97. The molecule has 0 aliphatic rings. The molecule has 0 spiro atoms. The van der Waals surface area contributed by atoms with Crippen LogP contribution in [0.5, 0.6) is 0 Å². The van der Waals surface area contributed by atoms with Gasteiger partial charge in [-0.1, -0.05) is 20.3 Å². The lowest BCUT2D eigenvalue weighted by atomic mass is 9.99. The van der Waals surface area contributed by atoms with Gasteiger partial charge in [-0.3, -0.25) is 4.79 Å². The SMILES string of the molecule is CCC(C)C(NC(=O)c1cc(F)cc(F)c1)C(=O)O. The second kappa shape index (κ2) is 6.26. The Morgan fingerprint density at radius 1 is 1.26 bits per heavy atom. The van der Waals surface area contributed by atoms with Crippen molar-refractivity contribution in [2.45, 2.75) is 26.3 Å². The number of benzene rings is 1. The van der Waals surface area contributed by atoms with Crippen LogP contribution in [-0.2, 0) is 4.79 Å². The van der Waals surface area contributed by atoms with Gasteiger partial charge in [0.15, 0.2) is 0 Å². The van der Waals surface area contributed by atoms with Gasteiger partial charge in [0.1, 0.15) is 17.7 Å². The molecule has 4 nitrogen and oxygen atoms in total. The number of carbonyl (C=O) groups is 2. The van der Waals surface area contributed by atoms with Gasteiger partial charge in [0.25, 0.3) is 5.91 Å². The van der Waals surface area contributed by atoms with Gasteiger partial charge in [-0.2, -0.15) is 0 Å². The van der Waals surface area contributed by atoms with Crippen LogP contribution in [0.3, 0.4) is 0 Å². The van der Waals surface area contributed by atoms with Crippen LogP contribution in [0.4, 0.5) is 8.78 Å². The molecule has 6 heteroatoms. The predicted molar refractivity (Wildman–Crippen MR) is 64.7 cm³/mol. The van der Waals surface area contributed by atoms with Crippen molar-refractivity contribution in [3.05, 3.63) is 35.4 Å². The summed E-state index contributed by atoms with van der Waals surface area (Å²) in [6.45, 7) is 3.46. The highest BCUT2D eigenvalue weighted by Gasteiger charge is 2.26. The number of halogens is 2. The van der Waals surface area contributed by atoms with E-state index in [1.54, 1.807) is 13.8 Å². The third-order valence-electron chi connectivity index (χ3n) is 2.89. The summed E-state index contributed by atoms with van der Waals surface area (Å²) in [7, 11) is 0. The molecule has 19 heavy (non-hydrogen) atoms. The number of carbonyl (C=O) groups excluding carboxylic acids is 1. The molecule has 2 N–H and O–H groups in total. The first-order chi connectivity index (χ1) is 8.85. The Bertz CT molecular complexity index is 471. The van der Waals surface area contributed by atoms with Crippen molar-refractivity contribution in [1.82, 2.24) is 5.32 Å². The van der Waals surface area contributed by atoms with E-state index in [1.807, 2.05) is 0 Å². The molecule has 0 aliphatic carbocycles. The molecule has 0 bridgehead atoms. The minimum absolute atomic E-state index is 0.243. The van der Waals surface area contributed by atoms with Crippen molar-refractivity contribution in [2.75, 3.05) is 0 Å². The lowest BCUT2D eigenvalue weighted by molar-refractivity contribution is -0.140.